The van der Waals surface area contributed by atoms with Crippen LogP contribution in [0, 0.1) is 18.7 Å². The number of aryl methyl sites for hydroxylation is 1. The number of amides is 2. The lowest BCUT2D eigenvalue weighted by molar-refractivity contribution is -0.121. The van der Waals surface area contributed by atoms with E-state index < -0.39 is 11.8 Å². The molecule has 0 spiro atoms. The van der Waals surface area contributed by atoms with Crippen LogP contribution in [0.5, 0.6) is 0 Å². The van der Waals surface area contributed by atoms with Gasteiger partial charge in [0.05, 0.1) is 10.9 Å². The number of carbonyl (C=O) groups is 2. The van der Waals surface area contributed by atoms with Gasteiger partial charge in [0.1, 0.15) is 11.5 Å². The summed E-state index contributed by atoms with van der Waals surface area (Å²) in [4.78, 5) is 27.5. The minimum atomic E-state index is -0.561. The molecule has 1 aromatic carbocycles. The summed E-state index contributed by atoms with van der Waals surface area (Å²) < 4.78 is 12.9. The van der Waals surface area contributed by atoms with Crippen LogP contribution in [-0.4, -0.2) is 23.3 Å². The van der Waals surface area contributed by atoms with Gasteiger partial charge in [-0.3, -0.25) is 9.59 Å². The molecule has 0 saturated carbocycles. The van der Waals surface area contributed by atoms with Crippen LogP contribution in [0.15, 0.2) is 29.6 Å². The van der Waals surface area contributed by atoms with Crippen molar-refractivity contribution in [3.63, 3.8) is 0 Å². The van der Waals surface area contributed by atoms with Gasteiger partial charge in [0.15, 0.2) is 0 Å². The number of halogens is 1. The van der Waals surface area contributed by atoms with Crippen LogP contribution in [0.1, 0.15) is 21.1 Å². The molecule has 2 rings (SSSR count). The van der Waals surface area contributed by atoms with Gasteiger partial charge >= 0.3 is 0 Å². The van der Waals surface area contributed by atoms with E-state index in [0.717, 1.165) is 10.6 Å². The Bertz CT molecular complexity index is 670. The van der Waals surface area contributed by atoms with E-state index in [9.17, 15) is 14.0 Å². The van der Waals surface area contributed by atoms with Crippen molar-refractivity contribution in [3.05, 3.63) is 51.7 Å². The van der Waals surface area contributed by atoms with E-state index in [1.807, 2.05) is 6.92 Å². The minimum Gasteiger partial charge on any atom is -0.369 e. The Balaban J connectivity index is 1.95. The molecule has 7 heteroatoms. The van der Waals surface area contributed by atoms with E-state index in [2.05, 4.69) is 10.3 Å². The highest BCUT2D eigenvalue weighted by molar-refractivity contribution is 7.09. The Morgan fingerprint density at radius 1 is 1.36 bits per heavy atom. The standard InChI is InChI=1S/C15H16FN3O2S/c1-9-19-13(8-22-9)15(21)18-7-11(14(17)20)6-10-2-4-12(16)5-3-10/h2-5,8,11H,6-7H2,1H3,(H2,17,20)(H,18,21)/t11-/m1/s1. The number of benzene rings is 1. The maximum absolute atomic E-state index is 12.9. The lowest BCUT2D eigenvalue weighted by Crippen LogP contribution is -2.37. The molecule has 0 fully saturated rings. The molecule has 0 aliphatic carbocycles. The highest BCUT2D eigenvalue weighted by Crippen LogP contribution is 2.11. The van der Waals surface area contributed by atoms with Crippen molar-refractivity contribution >= 4 is 23.2 Å². The molecular formula is C15H16FN3O2S. The molecule has 3 N–H and O–H groups in total. The van der Waals surface area contributed by atoms with Gasteiger partial charge < -0.3 is 11.1 Å². The fraction of sp³-hybridized carbons (Fsp3) is 0.267. The Hall–Kier alpha value is -2.28. The third kappa shape index (κ3) is 4.36. The molecule has 116 valence electrons. The largest absolute Gasteiger partial charge is 0.369 e. The summed E-state index contributed by atoms with van der Waals surface area (Å²) in [5, 5.41) is 5.11. The molecule has 2 amide bonds. The Morgan fingerprint density at radius 3 is 2.59 bits per heavy atom. The number of rotatable bonds is 6. The zero-order chi connectivity index (χ0) is 16.1. The molecule has 0 bridgehead atoms. The smallest absolute Gasteiger partial charge is 0.270 e. The van der Waals surface area contributed by atoms with Crippen molar-refractivity contribution in [2.24, 2.45) is 11.7 Å². The van der Waals surface area contributed by atoms with Crippen molar-refractivity contribution in [3.8, 4) is 0 Å². The van der Waals surface area contributed by atoms with Gasteiger partial charge in [-0.15, -0.1) is 11.3 Å². The van der Waals surface area contributed by atoms with Crippen LogP contribution >= 0.6 is 11.3 Å². The second-order valence-corrected chi connectivity index (χ2v) is 5.95. The molecule has 5 nitrogen and oxygen atoms in total. The topological polar surface area (TPSA) is 85.1 Å². The predicted octanol–water partition coefficient (Wildman–Crippen LogP) is 1.66. The number of nitrogens with zero attached hydrogens (tertiary/aromatic N) is 1. The third-order valence-corrected chi connectivity index (χ3v) is 3.93. The Kier molecular flexibility index (Phi) is 5.21. The van der Waals surface area contributed by atoms with Gasteiger partial charge in [0.2, 0.25) is 5.91 Å². The highest BCUT2D eigenvalue weighted by atomic mass is 32.1. The number of nitrogens with one attached hydrogen (secondary N) is 1. The molecular weight excluding hydrogens is 305 g/mol. The highest BCUT2D eigenvalue weighted by Gasteiger charge is 2.18. The molecule has 1 aromatic heterocycles. The summed E-state index contributed by atoms with van der Waals surface area (Å²) in [6, 6.07) is 5.84. The first-order valence-electron chi connectivity index (χ1n) is 6.70. The third-order valence-electron chi connectivity index (χ3n) is 3.16. The Labute approximate surface area is 131 Å². The first-order valence-corrected chi connectivity index (χ1v) is 7.57. The second kappa shape index (κ2) is 7.13. The van der Waals surface area contributed by atoms with Gasteiger partial charge in [-0.05, 0) is 31.0 Å². The number of hydrogen-bond acceptors (Lipinski definition) is 4. The van der Waals surface area contributed by atoms with Crippen LogP contribution in [0.25, 0.3) is 0 Å². The van der Waals surface area contributed by atoms with Crippen LogP contribution in [0.2, 0.25) is 0 Å². The van der Waals surface area contributed by atoms with Gasteiger partial charge in [-0.1, -0.05) is 12.1 Å². The summed E-state index contributed by atoms with van der Waals surface area (Å²) in [5.74, 6) is -1.76. The van der Waals surface area contributed by atoms with Crippen molar-refractivity contribution in [1.29, 1.82) is 0 Å². The molecule has 2 aromatic rings. The van der Waals surface area contributed by atoms with E-state index in [0.29, 0.717) is 12.1 Å². The maximum atomic E-state index is 12.9. The van der Waals surface area contributed by atoms with E-state index in [1.54, 1.807) is 17.5 Å². The zero-order valence-corrected chi connectivity index (χ0v) is 12.8. The number of nitrogens with two attached hydrogens (primary N) is 1. The van der Waals surface area contributed by atoms with Crippen molar-refractivity contribution < 1.29 is 14.0 Å². The average molecular weight is 321 g/mol. The summed E-state index contributed by atoms with van der Waals surface area (Å²) in [6.07, 6.45) is 0.339. The molecule has 0 aliphatic heterocycles. The number of primary amides is 1. The molecule has 0 aliphatic rings. The van der Waals surface area contributed by atoms with Gasteiger partial charge in [0.25, 0.3) is 5.91 Å². The average Bonchev–Trinajstić information content (AvgIpc) is 2.91. The summed E-state index contributed by atoms with van der Waals surface area (Å²) in [5.41, 5.74) is 6.47. The van der Waals surface area contributed by atoms with Gasteiger partial charge in [-0.2, -0.15) is 0 Å². The number of hydrogen-bond donors (Lipinski definition) is 2. The minimum absolute atomic E-state index is 0.113. The molecule has 1 heterocycles. The van der Waals surface area contributed by atoms with Crippen molar-refractivity contribution in [2.75, 3.05) is 6.54 Å². The number of carbonyl (C=O) groups excluding carboxylic acids is 2. The van der Waals surface area contributed by atoms with Crippen LogP contribution < -0.4 is 11.1 Å². The fourth-order valence-electron chi connectivity index (χ4n) is 1.95. The maximum Gasteiger partial charge on any atom is 0.270 e. The second-order valence-electron chi connectivity index (χ2n) is 4.89. The van der Waals surface area contributed by atoms with E-state index in [-0.39, 0.29) is 18.3 Å². The van der Waals surface area contributed by atoms with Crippen LogP contribution in [0.4, 0.5) is 4.39 Å². The molecule has 1 atom stereocenters. The lowest BCUT2D eigenvalue weighted by Gasteiger charge is -2.14. The SMILES string of the molecule is Cc1nc(C(=O)NC[C@@H](Cc2ccc(F)cc2)C(N)=O)cs1. The molecule has 0 saturated heterocycles. The predicted molar refractivity (Wildman–Crippen MR) is 82.0 cm³/mol. The first-order chi connectivity index (χ1) is 10.5. The van der Waals surface area contributed by atoms with E-state index >= 15 is 0 Å². The summed E-state index contributed by atoms with van der Waals surface area (Å²) in [7, 11) is 0. The van der Waals surface area contributed by atoms with E-state index in [1.165, 1.54) is 23.5 Å². The van der Waals surface area contributed by atoms with Crippen LogP contribution in [-0.2, 0) is 11.2 Å². The Morgan fingerprint density at radius 2 is 2.05 bits per heavy atom. The molecule has 22 heavy (non-hydrogen) atoms. The van der Waals surface area contributed by atoms with Gasteiger partial charge in [0, 0.05) is 11.9 Å². The first kappa shape index (κ1) is 16.1. The normalized spacial score (nSPS) is 11.9. The monoisotopic (exact) mass is 321 g/mol. The molecule has 0 unspecified atom stereocenters. The zero-order valence-electron chi connectivity index (χ0n) is 12.0. The van der Waals surface area contributed by atoms with Crippen molar-refractivity contribution in [2.45, 2.75) is 13.3 Å². The van der Waals surface area contributed by atoms with Gasteiger partial charge in [-0.25, -0.2) is 9.37 Å². The van der Waals surface area contributed by atoms with E-state index in [4.69, 9.17) is 5.73 Å². The lowest BCUT2D eigenvalue weighted by atomic mass is 9.98. The summed E-state index contributed by atoms with van der Waals surface area (Å²) >= 11 is 1.38. The fourth-order valence-corrected chi connectivity index (χ4v) is 2.55. The summed E-state index contributed by atoms with van der Waals surface area (Å²) in [6.45, 7) is 1.92. The van der Waals surface area contributed by atoms with Crippen LogP contribution in [0.3, 0.4) is 0 Å². The molecule has 0 radical (unpaired) electrons. The number of aromatic nitrogens is 1. The number of thiazole rings is 1. The van der Waals surface area contributed by atoms with Crippen molar-refractivity contribution in [1.82, 2.24) is 10.3 Å². The quantitative estimate of drug-likeness (QED) is 0.848.